The van der Waals surface area contributed by atoms with E-state index in [1.807, 2.05) is 12.1 Å². The molecule has 0 aliphatic carbocycles. The van der Waals surface area contributed by atoms with Crippen molar-refractivity contribution in [3.05, 3.63) is 29.8 Å². The molecule has 2 unspecified atom stereocenters. The Bertz CT molecular complexity index is 399. The normalized spacial score (nSPS) is 20.6. The smallest absolute Gasteiger partial charge is 0.118 e. The molecule has 20 heavy (non-hydrogen) atoms. The summed E-state index contributed by atoms with van der Waals surface area (Å²) in [4.78, 5) is 2.41. The number of nitrogens with two attached hydrogens (primary N) is 1. The van der Waals surface area contributed by atoms with Crippen LogP contribution in [-0.4, -0.2) is 42.4 Å². The van der Waals surface area contributed by atoms with E-state index in [9.17, 15) is 5.11 Å². The van der Waals surface area contributed by atoms with Crippen molar-refractivity contribution in [3.8, 4) is 5.75 Å². The van der Waals surface area contributed by atoms with Gasteiger partial charge in [0, 0.05) is 25.2 Å². The lowest BCUT2D eigenvalue weighted by atomic mass is 9.94. The maximum atomic E-state index is 9.67. The number of aliphatic hydroxyl groups is 1. The predicted octanol–water partition coefficient (Wildman–Crippen LogP) is 1.93. The van der Waals surface area contributed by atoms with Gasteiger partial charge in [-0.05, 0) is 37.0 Å². The summed E-state index contributed by atoms with van der Waals surface area (Å²) in [6.45, 7) is 3.94. The van der Waals surface area contributed by atoms with Crippen LogP contribution >= 0.6 is 0 Å². The Hall–Kier alpha value is -1.10. The van der Waals surface area contributed by atoms with Crippen LogP contribution in [-0.2, 0) is 0 Å². The van der Waals surface area contributed by atoms with E-state index in [-0.39, 0.29) is 18.2 Å². The number of hydrogen-bond acceptors (Lipinski definition) is 4. The molecule has 0 radical (unpaired) electrons. The van der Waals surface area contributed by atoms with Crippen LogP contribution in [0, 0.1) is 0 Å². The Morgan fingerprint density at radius 3 is 2.40 bits per heavy atom. The third-order valence-corrected chi connectivity index (χ3v) is 4.23. The minimum atomic E-state index is -0.152. The first-order valence-electron chi connectivity index (χ1n) is 7.47. The second kappa shape index (κ2) is 7.07. The minimum Gasteiger partial charge on any atom is -0.497 e. The Kier molecular flexibility index (Phi) is 5.40. The highest BCUT2D eigenvalue weighted by Gasteiger charge is 2.28. The average molecular weight is 278 g/mol. The van der Waals surface area contributed by atoms with Crippen molar-refractivity contribution in [2.45, 2.75) is 44.4 Å². The van der Waals surface area contributed by atoms with Crippen molar-refractivity contribution in [2.24, 2.45) is 5.73 Å². The van der Waals surface area contributed by atoms with Crippen LogP contribution < -0.4 is 10.5 Å². The maximum absolute atomic E-state index is 9.67. The molecule has 1 aromatic carbocycles. The SMILES string of the molecule is CCC(N)C(c1ccc(OC)cc1)N1CCC(O)CC1. The molecule has 0 spiro atoms. The van der Waals surface area contributed by atoms with Crippen molar-refractivity contribution in [1.82, 2.24) is 4.90 Å². The van der Waals surface area contributed by atoms with Gasteiger partial charge >= 0.3 is 0 Å². The number of nitrogens with zero attached hydrogens (tertiary/aromatic N) is 1. The van der Waals surface area contributed by atoms with Gasteiger partial charge in [0.25, 0.3) is 0 Å². The van der Waals surface area contributed by atoms with Gasteiger partial charge in [-0.25, -0.2) is 0 Å². The molecule has 1 heterocycles. The summed E-state index contributed by atoms with van der Waals surface area (Å²) >= 11 is 0. The zero-order chi connectivity index (χ0) is 14.5. The molecule has 0 saturated carbocycles. The summed E-state index contributed by atoms with van der Waals surface area (Å²) in [5.74, 6) is 0.867. The Morgan fingerprint density at radius 1 is 1.30 bits per heavy atom. The molecule has 0 aromatic heterocycles. The highest BCUT2D eigenvalue weighted by molar-refractivity contribution is 5.30. The van der Waals surface area contributed by atoms with E-state index in [0.717, 1.165) is 38.1 Å². The van der Waals surface area contributed by atoms with Crippen LogP contribution in [0.1, 0.15) is 37.8 Å². The summed E-state index contributed by atoms with van der Waals surface area (Å²) in [7, 11) is 1.68. The van der Waals surface area contributed by atoms with Gasteiger partial charge in [-0.3, -0.25) is 4.90 Å². The summed E-state index contributed by atoms with van der Waals surface area (Å²) in [5, 5.41) is 9.67. The van der Waals surface area contributed by atoms with Gasteiger partial charge in [-0.2, -0.15) is 0 Å². The number of benzene rings is 1. The molecule has 1 aromatic rings. The van der Waals surface area contributed by atoms with Crippen molar-refractivity contribution in [1.29, 1.82) is 0 Å². The summed E-state index contributed by atoms with van der Waals surface area (Å²) in [5.41, 5.74) is 7.58. The summed E-state index contributed by atoms with van der Waals surface area (Å²) in [6.07, 6.45) is 2.46. The Morgan fingerprint density at radius 2 is 1.90 bits per heavy atom. The second-order valence-electron chi connectivity index (χ2n) is 5.56. The summed E-state index contributed by atoms with van der Waals surface area (Å²) < 4.78 is 5.22. The highest BCUT2D eigenvalue weighted by atomic mass is 16.5. The molecule has 4 nitrogen and oxygen atoms in total. The first-order chi connectivity index (χ1) is 9.65. The fraction of sp³-hybridized carbons (Fsp3) is 0.625. The second-order valence-corrected chi connectivity index (χ2v) is 5.56. The van der Waals surface area contributed by atoms with Crippen LogP contribution in [0.5, 0.6) is 5.75 Å². The van der Waals surface area contributed by atoms with Crippen molar-refractivity contribution in [3.63, 3.8) is 0 Å². The first-order valence-corrected chi connectivity index (χ1v) is 7.47. The average Bonchev–Trinajstić information content (AvgIpc) is 2.50. The van der Waals surface area contributed by atoms with Crippen LogP contribution in [0.15, 0.2) is 24.3 Å². The largest absolute Gasteiger partial charge is 0.497 e. The number of rotatable bonds is 5. The zero-order valence-corrected chi connectivity index (χ0v) is 12.5. The van der Waals surface area contributed by atoms with Crippen LogP contribution in [0.2, 0.25) is 0 Å². The van der Waals surface area contributed by atoms with Gasteiger partial charge in [0.2, 0.25) is 0 Å². The first kappa shape index (κ1) is 15.3. The van der Waals surface area contributed by atoms with Gasteiger partial charge in [0.05, 0.1) is 13.2 Å². The van der Waals surface area contributed by atoms with E-state index in [1.165, 1.54) is 5.56 Å². The lowest BCUT2D eigenvalue weighted by Gasteiger charge is -2.39. The number of hydrogen-bond donors (Lipinski definition) is 2. The molecule has 1 aliphatic rings. The predicted molar refractivity (Wildman–Crippen MR) is 80.8 cm³/mol. The quantitative estimate of drug-likeness (QED) is 0.864. The standard InChI is InChI=1S/C16H26N2O2/c1-3-15(17)16(18-10-8-13(19)9-11-18)12-4-6-14(20-2)7-5-12/h4-7,13,15-16,19H,3,8-11,17H2,1-2H3. The fourth-order valence-corrected chi connectivity index (χ4v) is 2.92. The maximum Gasteiger partial charge on any atom is 0.118 e. The van der Waals surface area contributed by atoms with Crippen molar-refractivity contribution in [2.75, 3.05) is 20.2 Å². The molecule has 2 atom stereocenters. The third-order valence-electron chi connectivity index (χ3n) is 4.23. The van der Waals surface area contributed by atoms with E-state index >= 15 is 0 Å². The zero-order valence-electron chi connectivity index (χ0n) is 12.5. The van der Waals surface area contributed by atoms with Crippen molar-refractivity contribution < 1.29 is 9.84 Å². The van der Waals surface area contributed by atoms with Crippen LogP contribution in [0.4, 0.5) is 0 Å². The molecular weight excluding hydrogens is 252 g/mol. The Balaban J connectivity index is 2.17. The molecule has 2 rings (SSSR count). The monoisotopic (exact) mass is 278 g/mol. The molecule has 1 fully saturated rings. The van der Waals surface area contributed by atoms with Gasteiger partial charge in [-0.1, -0.05) is 19.1 Å². The van der Waals surface area contributed by atoms with Gasteiger partial charge < -0.3 is 15.6 Å². The molecule has 1 saturated heterocycles. The number of likely N-dealkylation sites (tertiary alicyclic amines) is 1. The molecular formula is C16H26N2O2. The molecule has 112 valence electrons. The third kappa shape index (κ3) is 3.51. The Labute approximate surface area is 121 Å². The minimum absolute atomic E-state index is 0.110. The van der Waals surface area contributed by atoms with Gasteiger partial charge in [0.1, 0.15) is 5.75 Å². The van der Waals surface area contributed by atoms with E-state index in [1.54, 1.807) is 7.11 Å². The number of piperidine rings is 1. The summed E-state index contributed by atoms with van der Waals surface area (Å²) in [6, 6.07) is 8.51. The molecule has 4 heteroatoms. The number of methoxy groups -OCH3 is 1. The molecule has 3 N–H and O–H groups in total. The van der Waals surface area contributed by atoms with E-state index in [0.29, 0.717) is 0 Å². The van der Waals surface area contributed by atoms with E-state index in [2.05, 4.69) is 24.0 Å². The van der Waals surface area contributed by atoms with Crippen molar-refractivity contribution >= 4 is 0 Å². The lowest BCUT2D eigenvalue weighted by molar-refractivity contribution is 0.0529. The topological polar surface area (TPSA) is 58.7 Å². The van der Waals surface area contributed by atoms with Gasteiger partial charge in [0.15, 0.2) is 0 Å². The molecule has 0 amide bonds. The highest BCUT2D eigenvalue weighted by Crippen LogP contribution is 2.29. The van der Waals surface area contributed by atoms with Crippen LogP contribution in [0.25, 0.3) is 0 Å². The van der Waals surface area contributed by atoms with E-state index in [4.69, 9.17) is 10.5 Å². The molecule has 1 aliphatic heterocycles. The fourth-order valence-electron chi connectivity index (χ4n) is 2.92. The lowest BCUT2D eigenvalue weighted by Crippen LogP contribution is -2.45. The number of ether oxygens (including phenoxy) is 1. The van der Waals surface area contributed by atoms with E-state index < -0.39 is 0 Å². The number of aliphatic hydroxyl groups excluding tert-OH is 1. The van der Waals surface area contributed by atoms with Crippen LogP contribution in [0.3, 0.4) is 0 Å². The van der Waals surface area contributed by atoms with Gasteiger partial charge in [-0.15, -0.1) is 0 Å². The molecule has 0 bridgehead atoms.